The minimum absolute atomic E-state index is 0.422. The summed E-state index contributed by atoms with van der Waals surface area (Å²) in [6, 6.07) is 0. The topological polar surface area (TPSA) is 92.5 Å². The van der Waals surface area contributed by atoms with Crippen molar-refractivity contribution in [1.82, 2.24) is 0 Å². The molecule has 0 spiro atoms. The number of unbranched alkanes of at least 4 members (excludes halogenated alkanes) is 22. The Kier molecular flexibility index (Phi) is 29.7. The van der Waals surface area contributed by atoms with Crippen molar-refractivity contribution in [3.8, 4) is 0 Å². The van der Waals surface area contributed by atoms with Gasteiger partial charge in [-0.1, -0.05) is 180 Å². The van der Waals surface area contributed by atoms with Crippen LogP contribution in [0.5, 0.6) is 0 Å². The van der Waals surface area contributed by atoms with Gasteiger partial charge in [-0.25, -0.2) is 0 Å². The highest BCUT2D eigenvalue weighted by molar-refractivity contribution is 5.07. The van der Waals surface area contributed by atoms with Crippen LogP contribution >= 0.6 is 0 Å². The van der Waals surface area contributed by atoms with Gasteiger partial charge in [0.1, 0.15) is 0 Å². The number of aliphatic hydroxyl groups is 2. The lowest BCUT2D eigenvalue weighted by Gasteiger charge is -2.31. The van der Waals surface area contributed by atoms with Crippen LogP contribution in [-0.2, 0) is 0 Å². The second-order valence-electron chi connectivity index (χ2n) is 12.9. The zero-order chi connectivity index (χ0) is 29.6. The molecule has 0 bridgehead atoms. The molecular formula is C36H74N2O2. The Labute approximate surface area is 251 Å². The zero-order valence-electron chi connectivity index (χ0n) is 27.4. The van der Waals surface area contributed by atoms with Crippen LogP contribution in [0.15, 0.2) is 12.2 Å². The van der Waals surface area contributed by atoms with Gasteiger partial charge in [0.2, 0.25) is 0 Å². The molecule has 0 aliphatic heterocycles. The highest BCUT2D eigenvalue weighted by atomic mass is 16.3. The van der Waals surface area contributed by atoms with E-state index in [1.165, 1.54) is 141 Å². The third-order valence-electron chi connectivity index (χ3n) is 8.60. The summed E-state index contributed by atoms with van der Waals surface area (Å²) < 4.78 is 0. The van der Waals surface area contributed by atoms with E-state index in [9.17, 15) is 10.2 Å². The van der Waals surface area contributed by atoms with Gasteiger partial charge < -0.3 is 21.7 Å². The minimum atomic E-state index is -0.688. The Balaban J connectivity index is 3.95. The molecule has 0 fully saturated rings. The molecule has 4 nitrogen and oxygen atoms in total. The summed E-state index contributed by atoms with van der Waals surface area (Å²) in [5, 5.41) is 21.4. The van der Waals surface area contributed by atoms with Crippen molar-refractivity contribution in [2.24, 2.45) is 11.5 Å². The van der Waals surface area contributed by atoms with Crippen LogP contribution in [0.3, 0.4) is 0 Å². The van der Waals surface area contributed by atoms with Crippen LogP contribution in [0.1, 0.15) is 194 Å². The molecule has 0 rings (SSSR count). The van der Waals surface area contributed by atoms with Crippen molar-refractivity contribution in [2.45, 2.75) is 211 Å². The minimum Gasteiger partial charge on any atom is -0.393 e. The molecule has 0 aromatic rings. The maximum atomic E-state index is 10.7. The van der Waals surface area contributed by atoms with Crippen molar-refractivity contribution in [3.63, 3.8) is 0 Å². The van der Waals surface area contributed by atoms with Crippen molar-refractivity contribution in [1.29, 1.82) is 0 Å². The molecule has 0 saturated heterocycles. The SMILES string of the molecule is CCCCCCCCCCCCCCC(O)CC(N)(/C=C/CN)CC(O)CCCCCCCCCCCCCC. The molecule has 0 aromatic carbocycles. The van der Waals surface area contributed by atoms with Gasteiger partial charge in [-0.05, 0) is 25.7 Å². The molecule has 0 aliphatic rings. The van der Waals surface area contributed by atoms with E-state index in [1.807, 2.05) is 12.2 Å². The summed E-state index contributed by atoms with van der Waals surface area (Å²) in [5.41, 5.74) is 11.7. The van der Waals surface area contributed by atoms with E-state index >= 15 is 0 Å². The maximum absolute atomic E-state index is 10.7. The monoisotopic (exact) mass is 567 g/mol. The number of nitrogens with two attached hydrogens (primary N) is 2. The summed E-state index contributed by atoms with van der Waals surface area (Å²) in [6.07, 6.45) is 37.3. The number of rotatable bonds is 32. The van der Waals surface area contributed by atoms with Crippen molar-refractivity contribution < 1.29 is 10.2 Å². The lowest BCUT2D eigenvalue weighted by atomic mass is 9.84. The summed E-state index contributed by atoms with van der Waals surface area (Å²) in [4.78, 5) is 0. The first kappa shape index (κ1) is 39.6. The van der Waals surface area contributed by atoms with E-state index < -0.39 is 17.7 Å². The molecule has 4 heteroatoms. The third kappa shape index (κ3) is 27.7. The van der Waals surface area contributed by atoms with Crippen LogP contribution in [0.25, 0.3) is 0 Å². The van der Waals surface area contributed by atoms with Crippen molar-refractivity contribution in [2.75, 3.05) is 6.54 Å². The van der Waals surface area contributed by atoms with Gasteiger partial charge >= 0.3 is 0 Å². The van der Waals surface area contributed by atoms with E-state index in [4.69, 9.17) is 11.5 Å². The highest BCUT2D eigenvalue weighted by Crippen LogP contribution is 2.24. The Hall–Kier alpha value is -0.420. The molecule has 240 valence electrons. The zero-order valence-corrected chi connectivity index (χ0v) is 27.4. The van der Waals surface area contributed by atoms with Gasteiger partial charge in [0.15, 0.2) is 0 Å². The van der Waals surface area contributed by atoms with E-state index in [0.717, 1.165) is 25.7 Å². The van der Waals surface area contributed by atoms with Crippen molar-refractivity contribution in [3.05, 3.63) is 12.2 Å². The smallest absolute Gasteiger partial charge is 0.0560 e. The second kappa shape index (κ2) is 30.1. The normalized spacial score (nSPS) is 15.1. The predicted octanol–water partition coefficient (Wildman–Crippen LogP) is 9.88. The first-order chi connectivity index (χ1) is 19.5. The molecule has 0 aliphatic carbocycles. The lowest BCUT2D eigenvalue weighted by molar-refractivity contribution is 0.0924. The third-order valence-corrected chi connectivity index (χ3v) is 8.60. The number of hydrogen-bond acceptors (Lipinski definition) is 4. The Morgan fingerprint density at radius 2 is 0.775 bits per heavy atom. The van der Waals surface area contributed by atoms with Crippen LogP contribution in [-0.4, -0.2) is 34.5 Å². The summed E-state index contributed by atoms with van der Waals surface area (Å²) >= 11 is 0. The molecule has 0 radical (unpaired) electrons. The summed E-state index contributed by atoms with van der Waals surface area (Å²) in [5.74, 6) is 0. The van der Waals surface area contributed by atoms with Gasteiger partial charge in [0, 0.05) is 12.1 Å². The fourth-order valence-electron chi connectivity index (χ4n) is 6.05. The van der Waals surface area contributed by atoms with Gasteiger partial charge in [-0.2, -0.15) is 0 Å². The van der Waals surface area contributed by atoms with Gasteiger partial charge in [0.25, 0.3) is 0 Å². The molecule has 0 aromatic heterocycles. The first-order valence-corrected chi connectivity index (χ1v) is 18.0. The van der Waals surface area contributed by atoms with E-state index in [0.29, 0.717) is 19.4 Å². The Morgan fingerprint density at radius 1 is 0.500 bits per heavy atom. The maximum Gasteiger partial charge on any atom is 0.0560 e. The van der Waals surface area contributed by atoms with Gasteiger partial charge in [-0.15, -0.1) is 0 Å². The van der Waals surface area contributed by atoms with Crippen LogP contribution < -0.4 is 11.5 Å². The fourth-order valence-corrected chi connectivity index (χ4v) is 6.05. The van der Waals surface area contributed by atoms with E-state index in [1.54, 1.807) is 0 Å². The Morgan fingerprint density at radius 3 is 1.05 bits per heavy atom. The number of hydrogen-bond donors (Lipinski definition) is 4. The summed E-state index contributed by atoms with van der Waals surface area (Å²) in [7, 11) is 0. The van der Waals surface area contributed by atoms with Crippen LogP contribution in [0.4, 0.5) is 0 Å². The quantitative estimate of drug-likeness (QED) is 0.0481. The fraction of sp³-hybridized carbons (Fsp3) is 0.944. The van der Waals surface area contributed by atoms with E-state index in [2.05, 4.69) is 13.8 Å². The average molecular weight is 567 g/mol. The van der Waals surface area contributed by atoms with Crippen LogP contribution in [0, 0.1) is 0 Å². The number of aliphatic hydroxyl groups excluding tert-OH is 2. The van der Waals surface area contributed by atoms with Crippen molar-refractivity contribution >= 4 is 0 Å². The molecular weight excluding hydrogens is 492 g/mol. The van der Waals surface area contributed by atoms with E-state index in [-0.39, 0.29) is 0 Å². The highest BCUT2D eigenvalue weighted by Gasteiger charge is 2.28. The molecule has 6 N–H and O–H groups in total. The van der Waals surface area contributed by atoms with Crippen LogP contribution in [0.2, 0.25) is 0 Å². The molecule has 2 atom stereocenters. The average Bonchev–Trinajstić information content (AvgIpc) is 2.93. The standard InChI is InChI=1S/C36H74N2O2/c1-3-5-7-9-11-13-15-17-19-21-23-25-28-34(39)32-36(38,30-27-31-37)33-35(40)29-26-24-22-20-18-16-14-12-10-8-6-4-2/h27,30,34-35,39-40H,3-26,28-29,31-33,37-38H2,1-2H3/b30-27+. The van der Waals surface area contributed by atoms with Gasteiger partial charge in [0.05, 0.1) is 12.2 Å². The predicted molar refractivity (Wildman–Crippen MR) is 178 cm³/mol. The molecule has 0 heterocycles. The lowest BCUT2D eigenvalue weighted by Crippen LogP contribution is -2.44. The molecule has 2 unspecified atom stereocenters. The molecule has 40 heavy (non-hydrogen) atoms. The molecule has 0 saturated carbocycles. The summed E-state index contributed by atoms with van der Waals surface area (Å²) in [6.45, 7) is 4.98. The van der Waals surface area contributed by atoms with Gasteiger partial charge in [-0.3, -0.25) is 0 Å². The molecule has 0 amide bonds. The Bertz CT molecular complexity index is 489. The largest absolute Gasteiger partial charge is 0.393 e. The second-order valence-corrected chi connectivity index (χ2v) is 12.9. The first-order valence-electron chi connectivity index (χ1n) is 18.0.